The second kappa shape index (κ2) is 18.6. The summed E-state index contributed by atoms with van der Waals surface area (Å²) < 4.78 is 31.2. The Bertz CT molecular complexity index is 1220. The highest BCUT2D eigenvalue weighted by atomic mass is 19.1. The lowest BCUT2D eigenvalue weighted by Gasteiger charge is -2.49. The van der Waals surface area contributed by atoms with Crippen molar-refractivity contribution in [1.82, 2.24) is 9.88 Å². The van der Waals surface area contributed by atoms with E-state index in [9.17, 15) is 18.4 Å². The van der Waals surface area contributed by atoms with Crippen LogP contribution in [0.3, 0.4) is 0 Å². The molecule has 0 atom stereocenters. The molecule has 0 spiro atoms. The summed E-state index contributed by atoms with van der Waals surface area (Å²) in [5.74, 6) is -0.344. The summed E-state index contributed by atoms with van der Waals surface area (Å²) in [6.45, 7) is 23.3. The van der Waals surface area contributed by atoms with Crippen molar-refractivity contribution in [3.63, 3.8) is 0 Å². The number of nitrogens with zero attached hydrogens (tertiary/aromatic N) is 2. The fourth-order valence-electron chi connectivity index (χ4n) is 5.39. The van der Waals surface area contributed by atoms with Gasteiger partial charge in [0.25, 0.3) is 0 Å². The summed E-state index contributed by atoms with van der Waals surface area (Å²) >= 11 is 0. The molecule has 1 aromatic heterocycles. The summed E-state index contributed by atoms with van der Waals surface area (Å²) in [6.07, 6.45) is 9.21. The zero-order chi connectivity index (χ0) is 33.5. The second-order valence-electron chi connectivity index (χ2n) is 13.2. The molecule has 0 saturated carbocycles. The minimum absolute atomic E-state index is 0.0799. The number of rotatable bonds is 12. The molecule has 244 valence electrons. The van der Waals surface area contributed by atoms with E-state index in [0.717, 1.165) is 43.3 Å². The molecule has 7 heteroatoms. The van der Waals surface area contributed by atoms with Crippen LogP contribution in [0.1, 0.15) is 98.8 Å². The predicted octanol–water partition coefficient (Wildman–Crippen LogP) is 8.98. The summed E-state index contributed by atoms with van der Waals surface area (Å²) in [4.78, 5) is 29.0. The number of hydrogen-bond acceptors (Lipinski definition) is 5. The second-order valence-corrected chi connectivity index (χ2v) is 13.2. The molecule has 0 radical (unpaired) electrons. The summed E-state index contributed by atoms with van der Waals surface area (Å²) in [7, 11) is 1.34. The number of ether oxygens (including phenoxy) is 1. The number of methoxy groups -OCH3 is 1. The molecule has 0 aliphatic carbocycles. The molecule has 3 rings (SSSR count). The van der Waals surface area contributed by atoms with Gasteiger partial charge in [-0.2, -0.15) is 0 Å². The van der Waals surface area contributed by atoms with E-state index in [4.69, 9.17) is 4.74 Å². The summed E-state index contributed by atoms with van der Waals surface area (Å²) in [5, 5.41) is 0. The lowest BCUT2D eigenvalue weighted by Crippen LogP contribution is -2.56. The standard InChI is InChI=1S/C15H29NO.C13H12F2O2.C9H13N/c1-5-7-14(8-6-2)10-16-11-15(4,12-16)9-13(3)17;1-8(9(2)16)6-13(17-3)11-5-4-10(14)7-12(11)15;1-9(2,3)8-6-4-5-7-10-8/h14H,5-12H2,1-4H3;4-7H,1H2,2-3H3;4-7H,1-3H3/b;13-6-;. The first kappa shape index (κ1) is 38.8. The van der Waals surface area contributed by atoms with E-state index >= 15 is 0 Å². The van der Waals surface area contributed by atoms with Gasteiger partial charge >= 0.3 is 0 Å². The van der Waals surface area contributed by atoms with Gasteiger partial charge in [-0.3, -0.25) is 9.78 Å². The summed E-state index contributed by atoms with van der Waals surface area (Å²) in [6, 6.07) is 9.12. The van der Waals surface area contributed by atoms with Crippen LogP contribution in [0.25, 0.3) is 5.76 Å². The lowest BCUT2D eigenvalue weighted by molar-refractivity contribution is -0.122. The molecular weight excluding hydrogens is 558 g/mol. The fourth-order valence-corrected chi connectivity index (χ4v) is 5.39. The van der Waals surface area contributed by atoms with Crippen LogP contribution in [-0.4, -0.2) is 48.2 Å². The first-order valence-electron chi connectivity index (χ1n) is 15.6. The van der Waals surface area contributed by atoms with Crippen LogP contribution in [-0.2, 0) is 19.7 Å². The number of aromatic nitrogens is 1. The van der Waals surface area contributed by atoms with E-state index in [1.165, 1.54) is 58.4 Å². The Balaban J connectivity index is 0.000000342. The van der Waals surface area contributed by atoms with Crippen molar-refractivity contribution in [3.8, 4) is 0 Å². The maximum absolute atomic E-state index is 13.5. The minimum atomic E-state index is -0.755. The van der Waals surface area contributed by atoms with Crippen molar-refractivity contribution >= 4 is 17.3 Å². The van der Waals surface area contributed by atoms with Crippen molar-refractivity contribution in [2.45, 2.75) is 92.9 Å². The molecule has 0 N–H and O–H groups in total. The van der Waals surface area contributed by atoms with Crippen LogP contribution in [0.2, 0.25) is 0 Å². The number of Topliss-reactive ketones (excluding diaryl/α,β-unsaturated/α-hetero) is 2. The lowest BCUT2D eigenvalue weighted by atomic mass is 9.77. The zero-order valence-electron chi connectivity index (χ0n) is 28.4. The maximum Gasteiger partial charge on any atom is 0.159 e. The normalized spacial score (nSPS) is 14.4. The molecule has 2 aromatic rings. The SMILES string of the molecule is C=C(/C=C(\OC)c1ccc(F)cc1F)C(C)=O.CC(C)(C)c1ccccn1.CCCC(CCC)CN1CC(C)(CC(C)=O)C1. The molecule has 0 unspecified atom stereocenters. The Hall–Kier alpha value is -3.19. The molecule has 1 fully saturated rings. The van der Waals surface area contributed by atoms with Crippen LogP contribution in [0.15, 0.2) is 60.8 Å². The Morgan fingerprint density at radius 2 is 1.70 bits per heavy atom. The largest absolute Gasteiger partial charge is 0.496 e. The Morgan fingerprint density at radius 3 is 2.11 bits per heavy atom. The Labute approximate surface area is 264 Å². The van der Waals surface area contributed by atoms with Gasteiger partial charge in [-0.15, -0.1) is 0 Å². The van der Waals surface area contributed by atoms with Gasteiger partial charge in [-0.1, -0.05) is 67.0 Å². The van der Waals surface area contributed by atoms with Gasteiger partial charge in [-0.05, 0) is 68.4 Å². The molecule has 44 heavy (non-hydrogen) atoms. The van der Waals surface area contributed by atoms with Gasteiger partial charge in [-0.25, -0.2) is 8.78 Å². The highest BCUT2D eigenvalue weighted by Crippen LogP contribution is 2.34. The van der Waals surface area contributed by atoms with Crippen LogP contribution in [0, 0.1) is 23.0 Å². The number of hydrogen-bond donors (Lipinski definition) is 0. The molecule has 1 aliphatic rings. The van der Waals surface area contributed by atoms with Gasteiger partial charge in [0.05, 0.1) is 12.7 Å². The van der Waals surface area contributed by atoms with E-state index in [0.29, 0.717) is 5.78 Å². The summed E-state index contributed by atoms with van der Waals surface area (Å²) in [5.41, 5.74) is 1.87. The van der Waals surface area contributed by atoms with E-state index < -0.39 is 11.6 Å². The minimum Gasteiger partial charge on any atom is -0.496 e. The van der Waals surface area contributed by atoms with Crippen LogP contribution in [0.4, 0.5) is 8.78 Å². The smallest absolute Gasteiger partial charge is 0.159 e. The van der Waals surface area contributed by atoms with E-state index in [-0.39, 0.29) is 33.5 Å². The number of halogens is 2. The topological polar surface area (TPSA) is 59.5 Å². The highest BCUT2D eigenvalue weighted by molar-refractivity contribution is 5.97. The third kappa shape index (κ3) is 14.1. The van der Waals surface area contributed by atoms with Gasteiger partial charge in [0.2, 0.25) is 0 Å². The molecule has 1 aromatic carbocycles. The maximum atomic E-state index is 13.5. The van der Waals surface area contributed by atoms with Gasteiger partial charge < -0.3 is 14.4 Å². The number of likely N-dealkylation sites (tertiary alicyclic amines) is 1. The Morgan fingerprint density at radius 1 is 1.09 bits per heavy atom. The van der Waals surface area contributed by atoms with Crippen LogP contribution in [0.5, 0.6) is 0 Å². The molecule has 0 amide bonds. The van der Waals surface area contributed by atoms with Gasteiger partial charge in [0, 0.05) is 55.0 Å². The third-order valence-electron chi connectivity index (χ3n) is 7.40. The van der Waals surface area contributed by atoms with Crippen molar-refractivity contribution in [1.29, 1.82) is 0 Å². The molecule has 2 heterocycles. The monoisotopic (exact) mass is 612 g/mol. The van der Waals surface area contributed by atoms with E-state index in [1.54, 1.807) is 6.92 Å². The van der Waals surface area contributed by atoms with Crippen molar-refractivity contribution in [2.75, 3.05) is 26.7 Å². The number of carbonyl (C=O) groups is 2. The van der Waals surface area contributed by atoms with Crippen molar-refractivity contribution < 1.29 is 23.1 Å². The highest BCUT2D eigenvalue weighted by Gasteiger charge is 2.39. The molecule has 1 aliphatic heterocycles. The van der Waals surface area contributed by atoms with Gasteiger partial charge in [0.15, 0.2) is 5.78 Å². The van der Waals surface area contributed by atoms with E-state index in [1.807, 2.05) is 18.3 Å². The first-order chi connectivity index (χ1) is 20.5. The van der Waals surface area contributed by atoms with Crippen LogP contribution >= 0.6 is 0 Å². The van der Waals surface area contributed by atoms with Crippen molar-refractivity contribution in [2.24, 2.45) is 11.3 Å². The average Bonchev–Trinajstić information content (AvgIpc) is 2.91. The Kier molecular flexibility index (Phi) is 16.4. The number of carbonyl (C=O) groups excluding carboxylic acids is 2. The van der Waals surface area contributed by atoms with Crippen molar-refractivity contribution in [3.05, 3.63) is 83.7 Å². The quantitative estimate of drug-likeness (QED) is 0.136. The average molecular weight is 613 g/mol. The van der Waals surface area contributed by atoms with E-state index in [2.05, 4.69) is 64.1 Å². The molecule has 0 bridgehead atoms. The fraction of sp³-hybridized carbons (Fsp3) is 0.541. The molecule has 1 saturated heterocycles. The molecular formula is C37H54F2N2O3. The third-order valence-corrected chi connectivity index (χ3v) is 7.40. The first-order valence-corrected chi connectivity index (χ1v) is 15.6. The number of allylic oxidation sites excluding steroid dienone is 2. The van der Waals surface area contributed by atoms with Gasteiger partial charge in [0.1, 0.15) is 23.2 Å². The molecule has 5 nitrogen and oxygen atoms in total. The number of ketones is 2. The predicted molar refractivity (Wildman–Crippen MR) is 177 cm³/mol. The number of pyridine rings is 1. The zero-order valence-corrected chi connectivity index (χ0v) is 28.4. The number of benzene rings is 1. The van der Waals surface area contributed by atoms with Crippen LogP contribution < -0.4 is 0 Å².